The third kappa shape index (κ3) is 7.03. The molecule has 0 saturated carbocycles. The van der Waals surface area contributed by atoms with Gasteiger partial charge in [-0.3, -0.25) is 0 Å². The Bertz CT molecular complexity index is 1220. The van der Waals surface area contributed by atoms with Crippen molar-refractivity contribution in [3.63, 3.8) is 0 Å². The van der Waals surface area contributed by atoms with Crippen LogP contribution in [-0.2, 0) is 14.9 Å². The fourth-order valence-electron chi connectivity index (χ4n) is 4.57. The minimum atomic E-state index is -0.318. The van der Waals surface area contributed by atoms with Gasteiger partial charge in [0.15, 0.2) is 0 Å². The number of anilines is 1. The topological polar surface area (TPSA) is 55.8 Å². The van der Waals surface area contributed by atoms with Gasteiger partial charge in [-0.2, -0.15) is 0 Å². The van der Waals surface area contributed by atoms with Gasteiger partial charge in [0.05, 0.1) is 18.8 Å². The second-order valence-electron chi connectivity index (χ2n) is 10.3. The Kier molecular flexibility index (Phi) is 10.1. The maximum atomic E-state index is 12.1. The Labute approximate surface area is 227 Å². The predicted octanol–water partition coefficient (Wildman–Crippen LogP) is 7.70. The number of carbonyl (C=O) groups excluding carboxylic acids is 2. The zero-order valence-corrected chi connectivity index (χ0v) is 23.7. The molecule has 0 saturated heterocycles. The summed E-state index contributed by atoms with van der Waals surface area (Å²) in [5.41, 5.74) is 7.15. The summed E-state index contributed by atoms with van der Waals surface area (Å²) in [5, 5.41) is 0. The van der Waals surface area contributed by atoms with Crippen molar-refractivity contribution in [1.29, 1.82) is 0 Å². The van der Waals surface area contributed by atoms with Gasteiger partial charge in [-0.25, -0.2) is 4.79 Å². The number of esters is 1. The van der Waals surface area contributed by atoms with Crippen LogP contribution in [0.25, 0.3) is 22.3 Å². The predicted molar refractivity (Wildman–Crippen MR) is 156 cm³/mol. The minimum absolute atomic E-state index is 0.0422. The highest BCUT2D eigenvalue weighted by atomic mass is 16.5. The van der Waals surface area contributed by atoms with Crippen LogP contribution in [0.15, 0.2) is 60.7 Å². The monoisotopic (exact) mass is 515 g/mol. The van der Waals surface area contributed by atoms with E-state index >= 15 is 0 Å². The first-order valence-electron chi connectivity index (χ1n) is 13.6. The van der Waals surface area contributed by atoms with Crippen molar-refractivity contribution < 1.29 is 19.1 Å². The Balaban J connectivity index is 2.09. The van der Waals surface area contributed by atoms with Crippen LogP contribution in [0.4, 0.5) is 5.69 Å². The molecule has 0 aliphatic rings. The molecule has 0 atom stereocenters. The quantitative estimate of drug-likeness (QED) is 0.141. The largest absolute Gasteiger partial charge is 0.493 e. The summed E-state index contributed by atoms with van der Waals surface area (Å²) in [4.78, 5) is 25.3. The van der Waals surface area contributed by atoms with Gasteiger partial charge in [0.25, 0.3) is 0 Å². The van der Waals surface area contributed by atoms with E-state index in [-0.39, 0.29) is 11.4 Å². The smallest absolute Gasteiger partial charge is 0.338 e. The highest BCUT2D eigenvalue weighted by molar-refractivity contribution is 5.90. The van der Waals surface area contributed by atoms with Gasteiger partial charge in [-0.15, -0.1) is 0 Å². The van der Waals surface area contributed by atoms with Gasteiger partial charge in [0, 0.05) is 30.8 Å². The van der Waals surface area contributed by atoms with Crippen LogP contribution in [-0.4, -0.2) is 38.6 Å². The molecule has 38 heavy (non-hydrogen) atoms. The lowest BCUT2D eigenvalue weighted by Crippen LogP contribution is -2.26. The summed E-state index contributed by atoms with van der Waals surface area (Å²) in [6.45, 7) is 15.6. The first-order valence-corrected chi connectivity index (χ1v) is 13.6. The molecular weight excluding hydrogens is 474 g/mol. The number of rotatable bonds is 12. The summed E-state index contributed by atoms with van der Waals surface area (Å²) in [6.07, 6.45) is 2.08. The van der Waals surface area contributed by atoms with Crippen LogP contribution >= 0.6 is 0 Å². The van der Waals surface area contributed by atoms with Gasteiger partial charge in [0.1, 0.15) is 12.0 Å². The molecular formula is C33H41NO4. The summed E-state index contributed by atoms with van der Waals surface area (Å²) in [7, 11) is 0. The maximum Gasteiger partial charge on any atom is 0.338 e. The highest BCUT2D eigenvalue weighted by Crippen LogP contribution is 2.40. The summed E-state index contributed by atoms with van der Waals surface area (Å²) in [5.74, 6) is 0.472. The lowest BCUT2D eigenvalue weighted by molar-refractivity contribution is -0.108. The molecule has 3 aromatic carbocycles. The molecule has 0 fully saturated rings. The maximum absolute atomic E-state index is 12.1. The minimum Gasteiger partial charge on any atom is -0.493 e. The number of hydrogen-bond donors (Lipinski definition) is 0. The molecule has 5 heteroatoms. The molecule has 0 heterocycles. The van der Waals surface area contributed by atoms with Crippen molar-refractivity contribution >= 4 is 17.9 Å². The van der Waals surface area contributed by atoms with Crippen molar-refractivity contribution in [2.45, 2.75) is 59.8 Å². The van der Waals surface area contributed by atoms with Crippen LogP contribution in [0.3, 0.4) is 0 Å². The fourth-order valence-corrected chi connectivity index (χ4v) is 4.57. The van der Waals surface area contributed by atoms with Crippen molar-refractivity contribution in [3.05, 3.63) is 71.8 Å². The van der Waals surface area contributed by atoms with Gasteiger partial charge in [-0.1, -0.05) is 45.0 Å². The zero-order valence-electron chi connectivity index (χ0n) is 23.7. The van der Waals surface area contributed by atoms with Crippen molar-refractivity contribution in [2.24, 2.45) is 0 Å². The molecule has 0 spiro atoms. The van der Waals surface area contributed by atoms with Crippen molar-refractivity contribution in [3.8, 4) is 28.0 Å². The molecule has 0 amide bonds. The molecule has 0 aromatic heterocycles. The number of benzene rings is 3. The van der Waals surface area contributed by atoms with E-state index in [2.05, 4.69) is 63.8 Å². The standard InChI is InChI=1S/C33H41NO4/c1-7-34(8-2)30-18-16-27(23-29(30)33(4,5)6)28-22-26(17-19-31(28)38-21-11-10-20-35)24-12-14-25(15-13-24)32(36)37-9-3/h12-20,22-23H,7-11,21H2,1-6H3. The molecule has 3 aromatic rings. The highest BCUT2D eigenvalue weighted by Gasteiger charge is 2.22. The second kappa shape index (κ2) is 13.3. The normalized spacial score (nSPS) is 11.2. The molecule has 0 N–H and O–H groups in total. The molecule has 0 aliphatic carbocycles. The zero-order chi connectivity index (χ0) is 27.7. The molecule has 3 rings (SSSR count). The number of unbranched alkanes of at least 4 members (excludes halogenated alkanes) is 1. The van der Waals surface area contributed by atoms with Crippen molar-refractivity contribution in [2.75, 3.05) is 31.2 Å². The Morgan fingerprint density at radius 2 is 1.53 bits per heavy atom. The van der Waals surface area contributed by atoms with E-state index in [1.165, 1.54) is 11.3 Å². The second-order valence-corrected chi connectivity index (χ2v) is 10.3. The van der Waals surface area contributed by atoms with E-state index in [1.807, 2.05) is 24.3 Å². The van der Waals surface area contributed by atoms with Gasteiger partial charge in [0.2, 0.25) is 0 Å². The third-order valence-corrected chi connectivity index (χ3v) is 6.65. The van der Waals surface area contributed by atoms with Gasteiger partial charge >= 0.3 is 5.97 Å². The Morgan fingerprint density at radius 3 is 2.13 bits per heavy atom. The van der Waals surface area contributed by atoms with Crippen LogP contribution in [0, 0.1) is 0 Å². The number of hydrogen-bond acceptors (Lipinski definition) is 5. The van der Waals surface area contributed by atoms with E-state index in [1.54, 1.807) is 19.1 Å². The van der Waals surface area contributed by atoms with Gasteiger partial charge in [-0.05, 0) is 91.3 Å². The summed E-state index contributed by atoms with van der Waals surface area (Å²) < 4.78 is 11.3. The summed E-state index contributed by atoms with van der Waals surface area (Å²) in [6, 6.07) is 20.3. The molecule has 0 unspecified atom stereocenters. The Morgan fingerprint density at radius 1 is 0.868 bits per heavy atom. The van der Waals surface area contributed by atoms with Gasteiger partial charge < -0.3 is 19.2 Å². The first kappa shape index (κ1) is 29.0. The molecule has 0 aliphatic heterocycles. The molecule has 202 valence electrons. The van der Waals surface area contributed by atoms with Crippen LogP contribution in [0.5, 0.6) is 5.75 Å². The van der Waals surface area contributed by atoms with Crippen molar-refractivity contribution in [1.82, 2.24) is 0 Å². The summed E-state index contributed by atoms with van der Waals surface area (Å²) >= 11 is 0. The third-order valence-electron chi connectivity index (χ3n) is 6.65. The Hall–Kier alpha value is -3.60. The average Bonchev–Trinajstić information content (AvgIpc) is 2.91. The lowest BCUT2D eigenvalue weighted by atomic mass is 9.83. The van der Waals surface area contributed by atoms with E-state index in [0.29, 0.717) is 31.6 Å². The number of ether oxygens (including phenoxy) is 2. The average molecular weight is 516 g/mol. The molecule has 0 radical (unpaired) electrons. The number of nitrogens with zero attached hydrogens (tertiary/aromatic N) is 1. The van der Waals surface area contributed by atoms with E-state index in [9.17, 15) is 9.59 Å². The number of aldehydes is 1. The first-order chi connectivity index (χ1) is 18.2. The molecule has 0 bridgehead atoms. The lowest BCUT2D eigenvalue weighted by Gasteiger charge is -2.31. The SMILES string of the molecule is CCOC(=O)c1ccc(-c2ccc(OCCCC=O)c(-c3ccc(N(CC)CC)c(C(C)(C)C)c3)c2)cc1. The van der Waals surface area contributed by atoms with Crippen LogP contribution < -0.4 is 9.64 Å². The fraction of sp³-hybridized carbons (Fsp3) is 0.394. The van der Waals surface area contributed by atoms with Crippen LogP contribution in [0.2, 0.25) is 0 Å². The van der Waals surface area contributed by atoms with E-state index < -0.39 is 0 Å². The van der Waals surface area contributed by atoms with Crippen LogP contribution in [0.1, 0.15) is 70.3 Å². The van der Waals surface area contributed by atoms with E-state index in [4.69, 9.17) is 9.47 Å². The molecule has 5 nitrogen and oxygen atoms in total. The number of carbonyl (C=O) groups is 2. The van der Waals surface area contributed by atoms with E-state index in [0.717, 1.165) is 47.4 Å².